The zero-order chi connectivity index (χ0) is 10.7. The van der Waals surface area contributed by atoms with Crippen LogP contribution < -0.4 is 5.32 Å². The number of rotatable bonds is 5. The number of nitrogens with one attached hydrogen (secondary N) is 1. The second-order valence-corrected chi connectivity index (χ2v) is 4.30. The van der Waals surface area contributed by atoms with Crippen molar-refractivity contribution in [2.24, 2.45) is 5.92 Å². The summed E-state index contributed by atoms with van der Waals surface area (Å²) in [6.07, 6.45) is 5.71. The molecule has 2 rings (SSSR count). The van der Waals surface area contributed by atoms with Crippen molar-refractivity contribution in [1.82, 2.24) is 15.3 Å². The monoisotopic (exact) mass is 205 g/mol. The minimum atomic E-state index is 0.451. The van der Waals surface area contributed by atoms with Crippen LogP contribution in [-0.4, -0.2) is 16.5 Å². The largest absolute Gasteiger partial charge is 0.308 e. The average Bonchev–Trinajstić information content (AvgIpc) is 3.03. The quantitative estimate of drug-likeness (QED) is 0.801. The van der Waals surface area contributed by atoms with Gasteiger partial charge in [0, 0.05) is 6.20 Å². The molecule has 1 heterocycles. The fourth-order valence-electron chi connectivity index (χ4n) is 1.89. The molecule has 0 bridgehead atoms. The topological polar surface area (TPSA) is 37.8 Å². The van der Waals surface area contributed by atoms with E-state index in [0.29, 0.717) is 6.04 Å². The molecule has 82 valence electrons. The Bertz CT molecular complexity index is 320. The van der Waals surface area contributed by atoms with Crippen LogP contribution in [0.2, 0.25) is 0 Å². The highest BCUT2D eigenvalue weighted by Gasteiger charge is 2.32. The third-order valence-corrected chi connectivity index (χ3v) is 2.82. The van der Waals surface area contributed by atoms with Crippen LogP contribution in [0.5, 0.6) is 0 Å². The van der Waals surface area contributed by atoms with Crippen LogP contribution >= 0.6 is 0 Å². The molecule has 3 nitrogen and oxygen atoms in total. The van der Waals surface area contributed by atoms with E-state index in [9.17, 15) is 0 Å². The van der Waals surface area contributed by atoms with E-state index in [2.05, 4.69) is 22.2 Å². The molecule has 0 aliphatic heterocycles. The molecule has 0 radical (unpaired) electrons. The molecule has 1 saturated carbocycles. The second-order valence-electron chi connectivity index (χ2n) is 4.30. The van der Waals surface area contributed by atoms with Gasteiger partial charge in [-0.15, -0.1) is 0 Å². The van der Waals surface area contributed by atoms with Gasteiger partial charge in [0.05, 0.1) is 11.7 Å². The maximum Gasteiger partial charge on any atom is 0.125 e. The van der Waals surface area contributed by atoms with E-state index >= 15 is 0 Å². The molecule has 1 fully saturated rings. The summed E-state index contributed by atoms with van der Waals surface area (Å²) >= 11 is 0. The minimum Gasteiger partial charge on any atom is -0.308 e. The third kappa shape index (κ3) is 2.75. The predicted molar refractivity (Wildman–Crippen MR) is 60.5 cm³/mol. The molecule has 0 amide bonds. The zero-order valence-corrected chi connectivity index (χ0v) is 9.53. The fourth-order valence-corrected chi connectivity index (χ4v) is 1.89. The molecular weight excluding hydrogens is 186 g/mol. The van der Waals surface area contributed by atoms with Crippen LogP contribution in [-0.2, 0) is 0 Å². The van der Waals surface area contributed by atoms with E-state index in [-0.39, 0.29) is 0 Å². The Morgan fingerprint density at radius 1 is 1.53 bits per heavy atom. The van der Waals surface area contributed by atoms with Gasteiger partial charge in [-0.3, -0.25) is 0 Å². The highest BCUT2D eigenvalue weighted by molar-refractivity contribution is 5.11. The van der Waals surface area contributed by atoms with Gasteiger partial charge >= 0.3 is 0 Å². The number of hydrogen-bond donors (Lipinski definition) is 1. The van der Waals surface area contributed by atoms with Crippen molar-refractivity contribution < 1.29 is 0 Å². The van der Waals surface area contributed by atoms with Crippen molar-refractivity contribution in [1.29, 1.82) is 0 Å². The molecule has 3 heteroatoms. The summed E-state index contributed by atoms with van der Waals surface area (Å²) < 4.78 is 0. The van der Waals surface area contributed by atoms with E-state index in [1.54, 1.807) is 0 Å². The molecule has 0 aromatic carbocycles. The van der Waals surface area contributed by atoms with E-state index in [0.717, 1.165) is 18.3 Å². The molecule has 0 spiro atoms. The first-order valence-corrected chi connectivity index (χ1v) is 5.84. The van der Waals surface area contributed by atoms with Crippen molar-refractivity contribution in [2.75, 3.05) is 6.54 Å². The molecular formula is C12H19N3. The summed E-state index contributed by atoms with van der Waals surface area (Å²) in [4.78, 5) is 8.66. The number of aromatic nitrogens is 2. The molecule has 1 atom stereocenters. The lowest BCUT2D eigenvalue weighted by Gasteiger charge is -2.17. The van der Waals surface area contributed by atoms with E-state index in [1.807, 2.05) is 19.2 Å². The smallest absolute Gasteiger partial charge is 0.125 e. The van der Waals surface area contributed by atoms with Gasteiger partial charge < -0.3 is 5.32 Å². The number of nitrogens with zero attached hydrogens (tertiary/aromatic N) is 2. The Balaban J connectivity index is 2.09. The van der Waals surface area contributed by atoms with Gasteiger partial charge in [0.2, 0.25) is 0 Å². The van der Waals surface area contributed by atoms with Crippen LogP contribution in [0, 0.1) is 12.8 Å². The summed E-state index contributed by atoms with van der Waals surface area (Å²) in [6.45, 7) is 5.22. The molecule has 15 heavy (non-hydrogen) atoms. The van der Waals surface area contributed by atoms with Crippen LogP contribution in [0.1, 0.15) is 43.7 Å². The average molecular weight is 205 g/mol. The van der Waals surface area contributed by atoms with Crippen LogP contribution in [0.4, 0.5) is 0 Å². The van der Waals surface area contributed by atoms with Gasteiger partial charge in [-0.2, -0.15) is 0 Å². The lowest BCUT2D eigenvalue weighted by Crippen LogP contribution is -2.25. The second kappa shape index (κ2) is 4.71. The first-order valence-electron chi connectivity index (χ1n) is 5.84. The zero-order valence-electron chi connectivity index (χ0n) is 9.53. The molecule has 1 unspecified atom stereocenters. The summed E-state index contributed by atoms with van der Waals surface area (Å²) in [7, 11) is 0. The Morgan fingerprint density at radius 3 is 2.93 bits per heavy atom. The summed E-state index contributed by atoms with van der Waals surface area (Å²) in [6, 6.07) is 2.49. The number of hydrogen-bond acceptors (Lipinski definition) is 3. The van der Waals surface area contributed by atoms with Gasteiger partial charge in [-0.25, -0.2) is 9.97 Å². The Labute approximate surface area is 91.3 Å². The van der Waals surface area contributed by atoms with E-state index in [1.165, 1.54) is 25.0 Å². The maximum absolute atomic E-state index is 4.51. The van der Waals surface area contributed by atoms with E-state index < -0.39 is 0 Å². The summed E-state index contributed by atoms with van der Waals surface area (Å²) in [5.41, 5.74) is 1.17. The van der Waals surface area contributed by atoms with Crippen molar-refractivity contribution in [3.05, 3.63) is 23.8 Å². The molecule has 1 aromatic rings. The van der Waals surface area contributed by atoms with Crippen molar-refractivity contribution in [3.8, 4) is 0 Å². The van der Waals surface area contributed by atoms with Crippen molar-refractivity contribution >= 4 is 0 Å². The van der Waals surface area contributed by atoms with Crippen molar-refractivity contribution in [2.45, 2.75) is 39.2 Å². The van der Waals surface area contributed by atoms with Gasteiger partial charge in [0.1, 0.15) is 5.82 Å². The first-order chi connectivity index (χ1) is 7.31. The van der Waals surface area contributed by atoms with Gasteiger partial charge in [-0.1, -0.05) is 6.92 Å². The lowest BCUT2D eigenvalue weighted by molar-refractivity contribution is 0.469. The summed E-state index contributed by atoms with van der Waals surface area (Å²) in [5, 5.41) is 3.58. The maximum atomic E-state index is 4.51. The lowest BCUT2D eigenvalue weighted by atomic mass is 10.1. The SMILES string of the molecule is CCCNC(c1ccnc(C)n1)C1CC1. The molecule has 1 N–H and O–H groups in total. The predicted octanol–water partition coefficient (Wildman–Crippen LogP) is 2.24. The Hall–Kier alpha value is -0.960. The van der Waals surface area contributed by atoms with Gasteiger partial charge in [0.25, 0.3) is 0 Å². The van der Waals surface area contributed by atoms with Gasteiger partial charge in [0.15, 0.2) is 0 Å². The molecule has 1 aromatic heterocycles. The van der Waals surface area contributed by atoms with Crippen LogP contribution in [0.25, 0.3) is 0 Å². The highest BCUT2D eigenvalue weighted by atomic mass is 15.0. The summed E-state index contributed by atoms with van der Waals surface area (Å²) in [5.74, 6) is 1.67. The van der Waals surface area contributed by atoms with Crippen molar-refractivity contribution in [3.63, 3.8) is 0 Å². The Morgan fingerprint density at radius 2 is 2.33 bits per heavy atom. The van der Waals surface area contributed by atoms with Crippen LogP contribution in [0.3, 0.4) is 0 Å². The number of aryl methyl sites for hydroxylation is 1. The Kier molecular flexibility index (Phi) is 3.31. The van der Waals surface area contributed by atoms with Gasteiger partial charge in [-0.05, 0) is 44.7 Å². The van der Waals surface area contributed by atoms with E-state index in [4.69, 9.17) is 0 Å². The molecule has 0 saturated heterocycles. The highest BCUT2D eigenvalue weighted by Crippen LogP contribution is 2.40. The third-order valence-electron chi connectivity index (χ3n) is 2.82. The minimum absolute atomic E-state index is 0.451. The first kappa shape index (κ1) is 10.6. The molecule has 1 aliphatic rings. The van der Waals surface area contributed by atoms with Crippen LogP contribution in [0.15, 0.2) is 12.3 Å². The normalized spacial score (nSPS) is 17.7. The standard InChI is InChI=1S/C12H19N3/c1-3-7-14-12(10-4-5-10)11-6-8-13-9(2)15-11/h6,8,10,12,14H,3-5,7H2,1-2H3. The molecule has 1 aliphatic carbocycles. The fraction of sp³-hybridized carbons (Fsp3) is 0.667.